The molecule has 0 radical (unpaired) electrons. The Labute approximate surface area is 170 Å². The van der Waals surface area contributed by atoms with Crippen LogP contribution < -0.4 is 5.32 Å². The zero-order valence-corrected chi connectivity index (χ0v) is 17.0. The molecule has 0 spiro atoms. The van der Waals surface area contributed by atoms with Gasteiger partial charge in [-0.15, -0.1) is 21.5 Å². The van der Waals surface area contributed by atoms with Gasteiger partial charge < -0.3 is 9.73 Å². The summed E-state index contributed by atoms with van der Waals surface area (Å²) < 4.78 is 19.3. The zero-order valence-electron chi connectivity index (χ0n) is 15.4. The van der Waals surface area contributed by atoms with Gasteiger partial charge in [0.1, 0.15) is 5.82 Å². The average Bonchev–Trinajstić information content (AvgIpc) is 3.32. The number of carbonyl (C=O) groups excluding carboxylic acids is 1. The van der Waals surface area contributed by atoms with E-state index < -0.39 is 0 Å². The first kappa shape index (κ1) is 19.1. The van der Waals surface area contributed by atoms with Gasteiger partial charge in [-0.1, -0.05) is 36.9 Å². The number of benzene rings is 1. The number of thiophene rings is 1. The fourth-order valence-corrected chi connectivity index (χ4v) is 4.92. The molecule has 0 saturated carbocycles. The summed E-state index contributed by atoms with van der Waals surface area (Å²) in [5.74, 6) is 0.806. The van der Waals surface area contributed by atoms with Crippen molar-refractivity contribution in [2.45, 2.75) is 38.0 Å². The quantitative estimate of drug-likeness (QED) is 0.600. The highest BCUT2D eigenvalue weighted by atomic mass is 32.2. The van der Waals surface area contributed by atoms with Crippen molar-refractivity contribution in [3.63, 3.8) is 0 Å². The van der Waals surface area contributed by atoms with Gasteiger partial charge in [0.25, 0.3) is 11.1 Å². The molecule has 0 unspecified atom stereocenters. The fraction of sp³-hybridized carbons (Fsp3) is 0.350. The van der Waals surface area contributed by atoms with Gasteiger partial charge in [-0.05, 0) is 42.9 Å². The predicted molar refractivity (Wildman–Crippen MR) is 108 cm³/mol. The van der Waals surface area contributed by atoms with E-state index in [0.29, 0.717) is 22.6 Å². The summed E-state index contributed by atoms with van der Waals surface area (Å²) in [6, 6.07) is 8.53. The summed E-state index contributed by atoms with van der Waals surface area (Å²) in [5.41, 5.74) is 1.84. The molecule has 0 bridgehead atoms. The zero-order chi connectivity index (χ0) is 19.5. The maximum Gasteiger partial charge on any atom is 0.277 e. The molecule has 5 nitrogen and oxygen atoms in total. The number of aromatic nitrogens is 2. The number of fused-ring (bicyclic) bond motifs is 1. The van der Waals surface area contributed by atoms with E-state index in [1.165, 1.54) is 34.7 Å². The number of halogens is 1. The van der Waals surface area contributed by atoms with Crippen molar-refractivity contribution in [2.24, 2.45) is 5.92 Å². The second kappa shape index (κ2) is 8.45. The molecule has 4 rings (SSSR count). The number of rotatable bonds is 6. The lowest BCUT2D eigenvalue weighted by Crippen LogP contribution is -2.25. The van der Waals surface area contributed by atoms with E-state index in [1.807, 2.05) is 0 Å². The highest BCUT2D eigenvalue weighted by Gasteiger charge is 2.21. The molecule has 0 fully saturated rings. The Kier molecular flexibility index (Phi) is 5.77. The van der Waals surface area contributed by atoms with Gasteiger partial charge in [-0.2, -0.15) is 0 Å². The predicted octanol–water partition coefficient (Wildman–Crippen LogP) is 4.47. The largest absolute Gasteiger partial charge is 0.410 e. The normalized spacial score (nSPS) is 16.0. The first-order valence-electron chi connectivity index (χ1n) is 9.17. The van der Waals surface area contributed by atoms with Crippen molar-refractivity contribution in [2.75, 3.05) is 5.75 Å². The van der Waals surface area contributed by atoms with E-state index in [2.05, 4.69) is 28.5 Å². The van der Waals surface area contributed by atoms with Crippen molar-refractivity contribution in [1.82, 2.24) is 15.5 Å². The molecule has 1 atom stereocenters. The van der Waals surface area contributed by atoms with Crippen LogP contribution in [-0.2, 0) is 24.2 Å². The third-order valence-corrected chi connectivity index (χ3v) is 6.75. The van der Waals surface area contributed by atoms with Crippen LogP contribution in [0, 0.1) is 11.7 Å². The average molecular weight is 418 g/mol. The molecule has 28 heavy (non-hydrogen) atoms. The minimum absolute atomic E-state index is 0.133. The SMILES string of the molecule is C[C@H]1CCc2sc(-c3nnc(SCC(=O)NCc4ccccc4F)o3)cc2C1. The number of carbonyl (C=O) groups is 1. The Balaban J connectivity index is 1.31. The van der Waals surface area contributed by atoms with Gasteiger partial charge in [-0.3, -0.25) is 4.79 Å². The van der Waals surface area contributed by atoms with E-state index in [4.69, 9.17) is 4.42 Å². The number of aryl methyl sites for hydroxylation is 1. The van der Waals surface area contributed by atoms with Crippen molar-refractivity contribution >= 4 is 29.0 Å². The lowest BCUT2D eigenvalue weighted by molar-refractivity contribution is -0.118. The van der Waals surface area contributed by atoms with Crippen LogP contribution in [0.15, 0.2) is 40.0 Å². The first-order valence-corrected chi connectivity index (χ1v) is 11.0. The third-order valence-electron chi connectivity index (χ3n) is 4.71. The second-order valence-electron chi connectivity index (χ2n) is 6.94. The van der Waals surface area contributed by atoms with Crippen LogP contribution in [-0.4, -0.2) is 21.9 Å². The van der Waals surface area contributed by atoms with Gasteiger partial charge in [-0.25, -0.2) is 4.39 Å². The van der Waals surface area contributed by atoms with E-state index >= 15 is 0 Å². The summed E-state index contributed by atoms with van der Waals surface area (Å²) in [5, 5.41) is 11.2. The Hall–Kier alpha value is -2.19. The van der Waals surface area contributed by atoms with Crippen LogP contribution in [0.4, 0.5) is 4.39 Å². The van der Waals surface area contributed by atoms with Gasteiger partial charge in [0.15, 0.2) is 0 Å². The van der Waals surface area contributed by atoms with Crippen molar-refractivity contribution in [3.05, 3.63) is 52.2 Å². The van der Waals surface area contributed by atoms with E-state index in [0.717, 1.165) is 17.7 Å². The Morgan fingerprint density at radius 2 is 2.25 bits per heavy atom. The molecule has 3 aromatic rings. The molecule has 2 aromatic heterocycles. The Morgan fingerprint density at radius 1 is 1.39 bits per heavy atom. The molecule has 1 amide bonds. The Morgan fingerprint density at radius 3 is 3.11 bits per heavy atom. The van der Waals surface area contributed by atoms with Gasteiger partial charge in [0.2, 0.25) is 5.91 Å². The van der Waals surface area contributed by atoms with Gasteiger partial charge in [0, 0.05) is 17.0 Å². The fourth-order valence-electron chi connectivity index (χ4n) is 3.19. The van der Waals surface area contributed by atoms with Crippen LogP contribution in [0.25, 0.3) is 10.8 Å². The topological polar surface area (TPSA) is 68.0 Å². The second-order valence-corrected chi connectivity index (χ2v) is 9.00. The number of hydrogen-bond donors (Lipinski definition) is 1. The van der Waals surface area contributed by atoms with Crippen LogP contribution >= 0.6 is 23.1 Å². The van der Waals surface area contributed by atoms with Crippen LogP contribution in [0.2, 0.25) is 0 Å². The number of nitrogens with zero attached hydrogens (tertiary/aromatic N) is 2. The number of nitrogens with one attached hydrogen (secondary N) is 1. The lowest BCUT2D eigenvalue weighted by Gasteiger charge is -2.16. The van der Waals surface area contributed by atoms with Crippen LogP contribution in [0.3, 0.4) is 0 Å². The first-order chi connectivity index (χ1) is 13.6. The van der Waals surface area contributed by atoms with Crippen LogP contribution in [0.1, 0.15) is 29.3 Å². The van der Waals surface area contributed by atoms with Gasteiger partial charge >= 0.3 is 0 Å². The van der Waals surface area contributed by atoms with Crippen molar-refractivity contribution < 1.29 is 13.6 Å². The molecule has 2 heterocycles. The summed E-state index contributed by atoms with van der Waals surface area (Å²) >= 11 is 2.89. The molecule has 0 saturated heterocycles. The smallest absolute Gasteiger partial charge is 0.277 e. The van der Waals surface area contributed by atoms with Gasteiger partial charge in [0.05, 0.1) is 10.6 Å². The third kappa shape index (κ3) is 4.44. The molecular formula is C20H20FN3O2S2. The highest BCUT2D eigenvalue weighted by molar-refractivity contribution is 7.99. The molecule has 1 aromatic carbocycles. The van der Waals surface area contributed by atoms with E-state index in [1.54, 1.807) is 29.5 Å². The maximum atomic E-state index is 13.6. The van der Waals surface area contributed by atoms with Crippen molar-refractivity contribution in [3.8, 4) is 10.8 Å². The molecule has 0 aliphatic heterocycles. The molecule has 1 aliphatic carbocycles. The minimum atomic E-state index is -0.329. The number of amides is 1. The molecular weight excluding hydrogens is 397 g/mol. The van der Waals surface area contributed by atoms with Crippen LogP contribution in [0.5, 0.6) is 0 Å². The number of thioether (sulfide) groups is 1. The van der Waals surface area contributed by atoms with E-state index in [9.17, 15) is 9.18 Å². The molecule has 1 aliphatic rings. The maximum absolute atomic E-state index is 13.6. The lowest BCUT2D eigenvalue weighted by atomic mass is 9.90. The monoisotopic (exact) mass is 417 g/mol. The van der Waals surface area contributed by atoms with Crippen molar-refractivity contribution in [1.29, 1.82) is 0 Å². The highest BCUT2D eigenvalue weighted by Crippen LogP contribution is 2.37. The summed E-state index contributed by atoms with van der Waals surface area (Å²) in [4.78, 5) is 14.4. The minimum Gasteiger partial charge on any atom is -0.410 e. The Bertz CT molecular complexity index is 985. The van der Waals surface area contributed by atoms with E-state index in [-0.39, 0.29) is 24.0 Å². The summed E-state index contributed by atoms with van der Waals surface area (Å²) in [6.45, 7) is 2.43. The summed E-state index contributed by atoms with van der Waals surface area (Å²) in [6.07, 6.45) is 3.43. The molecule has 8 heteroatoms. The molecule has 146 valence electrons. The molecule has 1 N–H and O–H groups in total. The number of hydrogen-bond acceptors (Lipinski definition) is 6. The summed E-state index contributed by atoms with van der Waals surface area (Å²) in [7, 11) is 0. The standard InChI is InChI=1S/C20H20FN3O2S2/c1-12-6-7-16-14(8-12)9-17(28-16)19-23-24-20(26-19)27-11-18(25)22-10-13-4-2-3-5-15(13)21/h2-5,9,12H,6-8,10-11H2,1H3,(H,22,25)/t12-/m0/s1.